The lowest BCUT2D eigenvalue weighted by atomic mass is 10.2. The number of nitrogens with zero attached hydrogens (tertiary/aromatic N) is 3. The second-order valence-electron chi connectivity index (χ2n) is 5.30. The third-order valence-electron chi connectivity index (χ3n) is 3.65. The Hall–Kier alpha value is -3.41. The first kappa shape index (κ1) is 14.2. The molecule has 0 unspecified atom stereocenters. The summed E-state index contributed by atoms with van der Waals surface area (Å²) in [5.41, 5.74) is 1.63. The van der Waals surface area contributed by atoms with Crippen LogP contribution in [0.25, 0.3) is 16.8 Å². The molecule has 0 aliphatic heterocycles. The molecule has 4 aromatic rings. The summed E-state index contributed by atoms with van der Waals surface area (Å²) < 4.78 is 7.23. The Morgan fingerprint density at radius 2 is 2.04 bits per heavy atom. The van der Waals surface area contributed by atoms with Crippen LogP contribution in [0.4, 0.5) is 0 Å². The average Bonchev–Trinajstić information content (AvgIpc) is 3.29. The van der Waals surface area contributed by atoms with Gasteiger partial charge in [0.1, 0.15) is 5.58 Å². The van der Waals surface area contributed by atoms with Gasteiger partial charge in [0.05, 0.1) is 0 Å². The van der Waals surface area contributed by atoms with Crippen molar-refractivity contribution in [3.8, 4) is 5.82 Å². The van der Waals surface area contributed by atoms with Gasteiger partial charge in [-0.1, -0.05) is 18.2 Å². The van der Waals surface area contributed by atoms with Crippen LogP contribution in [0.2, 0.25) is 0 Å². The standard InChI is InChI=1S/C18H14N4O2/c23-18(16-11-14-4-1-2-5-15(14)24-16)20-12-13-6-8-19-17(10-13)22-9-3-7-21-22/h1-11H,12H2,(H,20,23). The molecule has 0 spiro atoms. The number of pyridine rings is 1. The smallest absolute Gasteiger partial charge is 0.287 e. The minimum Gasteiger partial charge on any atom is -0.451 e. The molecule has 4 rings (SSSR count). The highest BCUT2D eigenvalue weighted by Crippen LogP contribution is 2.18. The fourth-order valence-corrected chi connectivity index (χ4v) is 2.46. The Morgan fingerprint density at radius 3 is 2.88 bits per heavy atom. The number of benzene rings is 1. The van der Waals surface area contributed by atoms with Crippen molar-refractivity contribution < 1.29 is 9.21 Å². The van der Waals surface area contributed by atoms with E-state index < -0.39 is 0 Å². The predicted molar refractivity (Wildman–Crippen MR) is 88.7 cm³/mol. The summed E-state index contributed by atoms with van der Waals surface area (Å²) in [4.78, 5) is 16.5. The van der Waals surface area contributed by atoms with Crippen LogP contribution in [0.3, 0.4) is 0 Å². The SMILES string of the molecule is O=C(NCc1ccnc(-n2cccn2)c1)c1cc2ccccc2o1. The van der Waals surface area contributed by atoms with Gasteiger partial charge in [0.2, 0.25) is 0 Å². The first-order valence-corrected chi connectivity index (χ1v) is 7.51. The number of rotatable bonds is 4. The van der Waals surface area contributed by atoms with Crippen LogP contribution in [0, 0.1) is 0 Å². The summed E-state index contributed by atoms with van der Waals surface area (Å²) in [6.07, 6.45) is 5.20. The Kier molecular flexibility index (Phi) is 3.55. The second kappa shape index (κ2) is 6.00. The molecular weight excluding hydrogens is 304 g/mol. The zero-order valence-corrected chi connectivity index (χ0v) is 12.7. The number of furan rings is 1. The van der Waals surface area contributed by atoms with Gasteiger partial charge >= 0.3 is 0 Å². The van der Waals surface area contributed by atoms with E-state index in [0.717, 1.165) is 10.9 Å². The van der Waals surface area contributed by atoms with Gasteiger partial charge in [0, 0.05) is 30.5 Å². The highest BCUT2D eigenvalue weighted by molar-refractivity contribution is 5.96. The van der Waals surface area contributed by atoms with Crippen LogP contribution in [-0.4, -0.2) is 20.7 Å². The summed E-state index contributed by atoms with van der Waals surface area (Å²) in [5.74, 6) is 0.761. The van der Waals surface area contributed by atoms with E-state index in [0.29, 0.717) is 23.7 Å². The number of aromatic nitrogens is 3. The molecule has 0 radical (unpaired) electrons. The van der Waals surface area contributed by atoms with Crippen LogP contribution >= 0.6 is 0 Å². The van der Waals surface area contributed by atoms with Crippen molar-refractivity contribution >= 4 is 16.9 Å². The van der Waals surface area contributed by atoms with Gasteiger partial charge < -0.3 is 9.73 Å². The van der Waals surface area contributed by atoms with Crippen molar-refractivity contribution in [2.24, 2.45) is 0 Å². The van der Waals surface area contributed by atoms with E-state index in [9.17, 15) is 4.79 Å². The number of carbonyl (C=O) groups is 1. The number of hydrogen-bond donors (Lipinski definition) is 1. The quantitative estimate of drug-likeness (QED) is 0.628. The largest absolute Gasteiger partial charge is 0.451 e. The average molecular weight is 318 g/mol. The molecule has 1 N–H and O–H groups in total. The predicted octanol–water partition coefficient (Wildman–Crippen LogP) is 2.94. The fraction of sp³-hybridized carbons (Fsp3) is 0.0556. The molecule has 0 bridgehead atoms. The summed E-state index contributed by atoms with van der Waals surface area (Å²) in [6.45, 7) is 0.382. The van der Waals surface area contributed by atoms with Crippen molar-refractivity contribution in [3.63, 3.8) is 0 Å². The molecule has 1 aromatic carbocycles. The van der Waals surface area contributed by atoms with Gasteiger partial charge in [-0.05, 0) is 35.9 Å². The van der Waals surface area contributed by atoms with Gasteiger partial charge in [-0.15, -0.1) is 0 Å². The van der Waals surface area contributed by atoms with E-state index in [4.69, 9.17) is 4.42 Å². The molecule has 0 fully saturated rings. The lowest BCUT2D eigenvalue weighted by Gasteiger charge is -2.05. The van der Waals surface area contributed by atoms with Crippen molar-refractivity contribution in [1.82, 2.24) is 20.1 Å². The van der Waals surface area contributed by atoms with Gasteiger partial charge in [-0.2, -0.15) is 5.10 Å². The molecule has 6 nitrogen and oxygen atoms in total. The number of nitrogens with one attached hydrogen (secondary N) is 1. The molecule has 0 saturated carbocycles. The van der Waals surface area contributed by atoms with E-state index in [1.165, 1.54) is 0 Å². The Morgan fingerprint density at radius 1 is 1.12 bits per heavy atom. The van der Waals surface area contributed by atoms with Crippen LogP contribution in [0.15, 0.2) is 71.5 Å². The summed E-state index contributed by atoms with van der Waals surface area (Å²) in [7, 11) is 0. The minimum atomic E-state index is -0.247. The fourth-order valence-electron chi connectivity index (χ4n) is 2.46. The second-order valence-corrected chi connectivity index (χ2v) is 5.30. The molecule has 0 aliphatic rings. The van der Waals surface area contributed by atoms with Crippen molar-refractivity contribution in [1.29, 1.82) is 0 Å². The van der Waals surface area contributed by atoms with E-state index in [1.54, 1.807) is 23.1 Å². The molecule has 6 heteroatoms. The van der Waals surface area contributed by atoms with Crippen molar-refractivity contribution in [2.75, 3.05) is 0 Å². The summed E-state index contributed by atoms with van der Waals surface area (Å²) in [5, 5.41) is 7.91. The first-order valence-electron chi connectivity index (χ1n) is 7.51. The number of hydrogen-bond acceptors (Lipinski definition) is 4. The Bertz CT molecular complexity index is 956. The van der Waals surface area contributed by atoms with Crippen LogP contribution in [0.5, 0.6) is 0 Å². The van der Waals surface area contributed by atoms with E-state index in [1.807, 2.05) is 48.7 Å². The highest BCUT2D eigenvalue weighted by atomic mass is 16.3. The highest BCUT2D eigenvalue weighted by Gasteiger charge is 2.11. The molecule has 3 aromatic heterocycles. The van der Waals surface area contributed by atoms with Gasteiger partial charge in [0.15, 0.2) is 11.6 Å². The molecule has 0 aliphatic carbocycles. The van der Waals surface area contributed by atoms with Crippen molar-refractivity contribution in [2.45, 2.75) is 6.54 Å². The zero-order chi connectivity index (χ0) is 16.4. The third kappa shape index (κ3) is 2.77. The maximum absolute atomic E-state index is 12.3. The van der Waals surface area contributed by atoms with Crippen LogP contribution in [0.1, 0.15) is 16.1 Å². The maximum atomic E-state index is 12.3. The lowest BCUT2D eigenvalue weighted by Crippen LogP contribution is -2.22. The maximum Gasteiger partial charge on any atom is 0.287 e. The molecule has 3 heterocycles. The number of amides is 1. The van der Waals surface area contributed by atoms with Gasteiger partial charge in [0.25, 0.3) is 5.91 Å². The monoisotopic (exact) mass is 318 g/mol. The number of para-hydroxylation sites is 1. The molecule has 118 valence electrons. The lowest BCUT2D eigenvalue weighted by molar-refractivity contribution is 0.0925. The molecule has 24 heavy (non-hydrogen) atoms. The zero-order valence-electron chi connectivity index (χ0n) is 12.7. The number of fused-ring (bicyclic) bond motifs is 1. The number of carbonyl (C=O) groups excluding carboxylic acids is 1. The van der Waals surface area contributed by atoms with Crippen LogP contribution in [-0.2, 0) is 6.54 Å². The van der Waals surface area contributed by atoms with Gasteiger partial charge in [-0.25, -0.2) is 9.67 Å². The molecule has 0 saturated heterocycles. The van der Waals surface area contributed by atoms with E-state index >= 15 is 0 Å². The summed E-state index contributed by atoms with van der Waals surface area (Å²) in [6, 6.07) is 14.8. The Balaban J connectivity index is 1.48. The Labute approximate surface area is 137 Å². The molecular formula is C18H14N4O2. The van der Waals surface area contributed by atoms with E-state index in [2.05, 4.69) is 15.4 Å². The minimum absolute atomic E-state index is 0.247. The third-order valence-corrected chi connectivity index (χ3v) is 3.65. The normalized spacial score (nSPS) is 10.8. The molecule has 1 amide bonds. The first-order chi connectivity index (χ1) is 11.8. The molecule has 0 atom stereocenters. The topological polar surface area (TPSA) is 73.0 Å². The van der Waals surface area contributed by atoms with Crippen molar-refractivity contribution in [3.05, 3.63) is 78.4 Å². The summed E-state index contributed by atoms with van der Waals surface area (Å²) >= 11 is 0. The van der Waals surface area contributed by atoms with E-state index in [-0.39, 0.29) is 5.91 Å². The van der Waals surface area contributed by atoms with Gasteiger partial charge in [-0.3, -0.25) is 4.79 Å². The van der Waals surface area contributed by atoms with Crippen LogP contribution < -0.4 is 5.32 Å².